The molecule has 0 fully saturated rings. The fourth-order valence-corrected chi connectivity index (χ4v) is 4.14. The van der Waals surface area contributed by atoms with Gasteiger partial charge in [0.2, 0.25) is 0 Å². The van der Waals surface area contributed by atoms with E-state index in [0.717, 1.165) is 37.5 Å². The van der Waals surface area contributed by atoms with Gasteiger partial charge in [0.05, 0.1) is 15.8 Å². The molecule has 0 radical (unpaired) electrons. The highest BCUT2D eigenvalue weighted by atomic mass is 32.1. The average Bonchev–Trinajstić information content (AvgIpc) is 3.22. The first-order valence-electron chi connectivity index (χ1n) is 7.96. The number of H-pyrrole nitrogens is 1. The van der Waals surface area contributed by atoms with Crippen molar-refractivity contribution < 1.29 is 0 Å². The number of aromatic nitrogens is 3. The number of thiazole rings is 1. The summed E-state index contributed by atoms with van der Waals surface area (Å²) in [5.41, 5.74) is 2.85. The third-order valence-electron chi connectivity index (χ3n) is 4.26. The lowest BCUT2D eigenvalue weighted by atomic mass is 10.1. The number of nitrogens with one attached hydrogen (secondary N) is 1. The van der Waals surface area contributed by atoms with Gasteiger partial charge in [0.1, 0.15) is 10.8 Å². The van der Waals surface area contributed by atoms with Gasteiger partial charge < -0.3 is 4.98 Å². The highest BCUT2D eigenvalue weighted by Gasteiger charge is 2.18. The quantitative estimate of drug-likeness (QED) is 0.509. The Bertz CT molecular complexity index is 1250. The molecule has 5 heteroatoms. The zero-order chi connectivity index (χ0) is 16.8. The summed E-state index contributed by atoms with van der Waals surface area (Å²) >= 11 is 1.64. The highest BCUT2D eigenvalue weighted by Crippen LogP contribution is 2.38. The Kier molecular flexibility index (Phi) is 3.08. The number of hydrogen-bond acceptors (Lipinski definition) is 3. The van der Waals surface area contributed by atoms with Crippen LogP contribution in [0.25, 0.3) is 37.5 Å². The van der Waals surface area contributed by atoms with E-state index in [-0.39, 0.29) is 5.56 Å². The predicted molar refractivity (Wildman–Crippen MR) is 103 cm³/mol. The number of aromatic amines is 1. The molecule has 3 aromatic heterocycles. The van der Waals surface area contributed by atoms with Crippen LogP contribution in [0, 0.1) is 0 Å². The van der Waals surface area contributed by atoms with Gasteiger partial charge in [0.15, 0.2) is 0 Å². The van der Waals surface area contributed by atoms with Crippen molar-refractivity contribution in [2.45, 2.75) is 0 Å². The van der Waals surface area contributed by atoms with Gasteiger partial charge in [-0.1, -0.05) is 36.4 Å². The van der Waals surface area contributed by atoms with Gasteiger partial charge in [-0.05, 0) is 24.3 Å². The third kappa shape index (κ3) is 2.21. The molecule has 0 spiro atoms. The normalized spacial score (nSPS) is 11.4. The van der Waals surface area contributed by atoms with Gasteiger partial charge in [-0.15, -0.1) is 11.3 Å². The Balaban J connectivity index is 1.89. The fourth-order valence-electron chi connectivity index (χ4n) is 3.12. The summed E-state index contributed by atoms with van der Waals surface area (Å²) in [5.74, 6) is 0.755. The molecule has 0 atom stereocenters. The van der Waals surface area contributed by atoms with Crippen LogP contribution in [0.15, 0.2) is 77.7 Å². The molecule has 0 bridgehead atoms. The summed E-state index contributed by atoms with van der Waals surface area (Å²) in [6, 6.07) is 21.3. The minimum absolute atomic E-state index is 0.0728. The lowest BCUT2D eigenvalue weighted by Gasteiger charge is -2.05. The van der Waals surface area contributed by atoms with Crippen molar-refractivity contribution in [1.29, 1.82) is 0 Å². The molecule has 0 saturated carbocycles. The third-order valence-corrected chi connectivity index (χ3v) is 5.31. The van der Waals surface area contributed by atoms with Crippen molar-refractivity contribution in [3.05, 3.63) is 83.3 Å². The van der Waals surface area contributed by atoms with E-state index in [1.54, 1.807) is 34.2 Å². The smallest absolute Gasteiger partial charge is 0.256 e. The Hall–Kier alpha value is -3.18. The molecular weight excluding hydrogens is 330 g/mol. The SMILES string of the molecule is O=c1ccccn1-c1[nH]c2ccccc2c1-c1nc2ccccc2s1. The number of hydrogen-bond donors (Lipinski definition) is 1. The number of benzene rings is 2. The molecule has 25 heavy (non-hydrogen) atoms. The minimum atomic E-state index is -0.0728. The lowest BCUT2D eigenvalue weighted by Crippen LogP contribution is -2.16. The maximum absolute atomic E-state index is 12.4. The molecule has 0 amide bonds. The van der Waals surface area contributed by atoms with Crippen LogP contribution in [0.2, 0.25) is 0 Å². The molecular formula is C20H13N3OS. The summed E-state index contributed by atoms with van der Waals surface area (Å²) in [6.07, 6.45) is 1.78. The van der Waals surface area contributed by atoms with Crippen LogP contribution >= 0.6 is 11.3 Å². The van der Waals surface area contributed by atoms with Crippen LogP contribution in [-0.4, -0.2) is 14.5 Å². The zero-order valence-corrected chi connectivity index (χ0v) is 14.0. The summed E-state index contributed by atoms with van der Waals surface area (Å²) < 4.78 is 2.77. The van der Waals surface area contributed by atoms with Crippen LogP contribution in [0.4, 0.5) is 0 Å². The van der Waals surface area contributed by atoms with E-state index < -0.39 is 0 Å². The molecule has 0 unspecified atom stereocenters. The van der Waals surface area contributed by atoms with Gasteiger partial charge >= 0.3 is 0 Å². The molecule has 3 heterocycles. The zero-order valence-electron chi connectivity index (χ0n) is 13.1. The molecule has 5 rings (SSSR count). The average molecular weight is 343 g/mol. The van der Waals surface area contributed by atoms with Gasteiger partial charge in [0, 0.05) is 23.2 Å². The number of para-hydroxylation sites is 2. The Morgan fingerprint density at radius 2 is 1.72 bits per heavy atom. The van der Waals surface area contributed by atoms with Crippen LogP contribution in [-0.2, 0) is 0 Å². The Labute approximate surface area is 147 Å². The van der Waals surface area contributed by atoms with E-state index in [4.69, 9.17) is 4.98 Å². The molecule has 1 N–H and O–H groups in total. The summed E-state index contributed by atoms with van der Waals surface area (Å²) in [5, 5.41) is 1.97. The Morgan fingerprint density at radius 1 is 0.920 bits per heavy atom. The second-order valence-electron chi connectivity index (χ2n) is 5.79. The van der Waals surface area contributed by atoms with E-state index >= 15 is 0 Å². The number of rotatable bonds is 2. The molecule has 0 saturated heterocycles. The van der Waals surface area contributed by atoms with Gasteiger partial charge in [0.25, 0.3) is 5.56 Å². The van der Waals surface area contributed by atoms with Crippen molar-refractivity contribution >= 4 is 32.5 Å². The summed E-state index contributed by atoms with van der Waals surface area (Å²) in [6.45, 7) is 0. The number of nitrogens with zero attached hydrogens (tertiary/aromatic N) is 2. The predicted octanol–water partition coefficient (Wildman–Crippen LogP) is 4.60. The molecule has 0 aliphatic heterocycles. The van der Waals surface area contributed by atoms with E-state index in [1.807, 2.05) is 42.5 Å². The summed E-state index contributed by atoms with van der Waals surface area (Å²) in [7, 11) is 0. The standard InChI is InChI=1S/C20H13N3OS/c24-17-11-5-6-12-23(17)19-18(13-7-1-2-8-14(13)21-19)20-22-15-9-3-4-10-16(15)25-20/h1-12,21H. The van der Waals surface area contributed by atoms with E-state index in [0.29, 0.717) is 0 Å². The highest BCUT2D eigenvalue weighted by molar-refractivity contribution is 7.21. The topological polar surface area (TPSA) is 50.7 Å². The van der Waals surface area contributed by atoms with Crippen LogP contribution in [0.3, 0.4) is 0 Å². The molecule has 0 aliphatic carbocycles. The van der Waals surface area contributed by atoms with Crippen LogP contribution < -0.4 is 5.56 Å². The number of pyridine rings is 1. The molecule has 4 nitrogen and oxygen atoms in total. The maximum atomic E-state index is 12.4. The van der Waals surface area contributed by atoms with E-state index in [9.17, 15) is 4.79 Å². The second-order valence-corrected chi connectivity index (χ2v) is 6.82. The van der Waals surface area contributed by atoms with Crippen molar-refractivity contribution in [2.24, 2.45) is 0 Å². The first kappa shape index (κ1) is 14.2. The first-order chi connectivity index (χ1) is 12.3. The van der Waals surface area contributed by atoms with Crippen LogP contribution in [0.5, 0.6) is 0 Å². The lowest BCUT2D eigenvalue weighted by molar-refractivity contribution is 0.960. The molecule has 2 aromatic carbocycles. The van der Waals surface area contributed by atoms with Crippen molar-refractivity contribution in [2.75, 3.05) is 0 Å². The van der Waals surface area contributed by atoms with Crippen molar-refractivity contribution in [1.82, 2.24) is 14.5 Å². The second kappa shape index (κ2) is 5.43. The van der Waals surface area contributed by atoms with Gasteiger partial charge in [-0.2, -0.15) is 0 Å². The molecule has 0 aliphatic rings. The Morgan fingerprint density at radius 3 is 2.60 bits per heavy atom. The number of fused-ring (bicyclic) bond motifs is 2. The largest absolute Gasteiger partial charge is 0.340 e. The van der Waals surface area contributed by atoms with Gasteiger partial charge in [-0.25, -0.2) is 4.98 Å². The van der Waals surface area contributed by atoms with Crippen molar-refractivity contribution in [3.63, 3.8) is 0 Å². The minimum Gasteiger partial charge on any atom is -0.340 e. The maximum Gasteiger partial charge on any atom is 0.256 e. The van der Waals surface area contributed by atoms with E-state index in [2.05, 4.69) is 17.1 Å². The molecule has 5 aromatic rings. The molecule has 120 valence electrons. The van der Waals surface area contributed by atoms with Crippen molar-refractivity contribution in [3.8, 4) is 16.4 Å². The van der Waals surface area contributed by atoms with Crippen LogP contribution in [0.1, 0.15) is 0 Å². The van der Waals surface area contributed by atoms with E-state index in [1.165, 1.54) is 0 Å². The summed E-state index contributed by atoms with van der Waals surface area (Å²) in [4.78, 5) is 20.6. The first-order valence-corrected chi connectivity index (χ1v) is 8.77. The monoisotopic (exact) mass is 343 g/mol. The fraction of sp³-hybridized carbons (Fsp3) is 0. The van der Waals surface area contributed by atoms with Gasteiger partial charge in [-0.3, -0.25) is 9.36 Å².